The van der Waals surface area contributed by atoms with Crippen molar-refractivity contribution in [3.63, 3.8) is 0 Å². The van der Waals surface area contributed by atoms with E-state index in [-0.39, 0.29) is 41.4 Å². The van der Waals surface area contributed by atoms with E-state index >= 15 is 0 Å². The molecule has 1 aliphatic rings. The maximum atomic E-state index is 13.0. The first-order valence-corrected chi connectivity index (χ1v) is 9.41. The Morgan fingerprint density at radius 1 is 1.19 bits per heavy atom. The zero-order valence-corrected chi connectivity index (χ0v) is 14.9. The van der Waals surface area contributed by atoms with E-state index in [2.05, 4.69) is 0 Å². The van der Waals surface area contributed by atoms with Gasteiger partial charge in [-0.05, 0) is 11.6 Å². The van der Waals surface area contributed by atoms with Gasteiger partial charge in [-0.25, -0.2) is 8.42 Å². The molecule has 1 saturated heterocycles. The largest absolute Gasteiger partial charge is 0.490 e. The molecule has 9 heteroatoms. The van der Waals surface area contributed by atoms with Crippen LogP contribution < -0.4 is 10.5 Å². The number of nitro groups is 1. The number of nitro benzene ring substituents is 1. The van der Waals surface area contributed by atoms with E-state index in [0.717, 1.165) is 11.6 Å². The molecule has 0 aliphatic carbocycles. The van der Waals surface area contributed by atoms with Crippen LogP contribution in [-0.2, 0) is 10.0 Å². The first-order valence-electron chi connectivity index (χ1n) is 7.97. The summed E-state index contributed by atoms with van der Waals surface area (Å²) in [6, 6.07) is 12.7. The number of benzene rings is 2. The lowest BCUT2D eigenvalue weighted by Gasteiger charge is -2.17. The fourth-order valence-corrected chi connectivity index (χ4v) is 4.68. The second kappa shape index (κ2) is 7.02. The lowest BCUT2D eigenvalue weighted by molar-refractivity contribution is -0.385. The van der Waals surface area contributed by atoms with Crippen molar-refractivity contribution in [2.75, 3.05) is 20.2 Å². The maximum Gasteiger partial charge on any atom is 0.310 e. The molecule has 0 saturated carbocycles. The van der Waals surface area contributed by atoms with E-state index in [0.29, 0.717) is 0 Å². The number of sulfonamides is 1. The second-order valence-electron chi connectivity index (χ2n) is 6.09. The van der Waals surface area contributed by atoms with Gasteiger partial charge in [-0.3, -0.25) is 10.1 Å². The van der Waals surface area contributed by atoms with Crippen LogP contribution >= 0.6 is 0 Å². The molecule has 0 radical (unpaired) electrons. The second-order valence-corrected chi connectivity index (χ2v) is 8.03. The molecule has 2 aromatic rings. The molecular weight excluding hydrogens is 358 g/mol. The molecule has 1 aliphatic heterocycles. The molecule has 2 aromatic carbocycles. The van der Waals surface area contributed by atoms with Crippen molar-refractivity contribution >= 4 is 15.7 Å². The van der Waals surface area contributed by atoms with Crippen molar-refractivity contribution in [2.24, 2.45) is 5.73 Å². The molecular formula is C17H19N3O5S. The zero-order chi connectivity index (χ0) is 18.9. The Hall–Kier alpha value is -2.49. The van der Waals surface area contributed by atoms with E-state index in [4.69, 9.17) is 10.5 Å². The van der Waals surface area contributed by atoms with Crippen LogP contribution in [0.4, 0.5) is 5.69 Å². The molecule has 0 unspecified atom stereocenters. The summed E-state index contributed by atoms with van der Waals surface area (Å²) in [7, 11) is -2.58. The van der Waals surface area contributed by atoms with Gasteiger partial charge in [0.2, 0.25) is 10.0 Å². The van der Waals surface area contributed by atoms with Crippen molar-refractivity contribution in [1.29, 1.82) is 0 Å². The number of hydrogen-bond donors (Lipinski definition) is 1. The van der Waals surface area contributed by atoms with Crippen LogP contribution in [0.15, 0.2) is 53.4 Å². The molecule has 138 valence electrons. The Morgan fingerprint density at radius 2 is 1.88 bits per heavy atom. The molecule has 0 amide bonds. The molecule has 0 aromatic heterocycles. The van der Waals surface area contributed by atoms with Crippen LogP contribution in [0.5, 0.6) is 5.75 Å². The minimum Gasteiger partial charge on any atom is -0.490 e. The fraction of sp³-hybridized carbons (Fsp3) is 0.294. The fourth-order valence-electron chi connectivity index (χ4n) is 3.16. The average molecular weight is 377 g/mol. The summed E-state index contributed by atoms with van der Waals surface area (Å²) in [4.78, 5) is 10.3. The molecule has 0 spiro atoms. The standard InChI is InChI=1S/C17H19N3O5S/c1-25-17-9-13(7-8-16(17)20(21)22)26(23,24)19-10-14(15(18)11-19)12-5-3-2-4-6-12/h2-9,14-15H,10-11,18H2,1H3/t14-,15+/m0/s1. The van der Waals surface area contributed by atoms with E-state index in [1.165, 1.54) is 23.5 Å². The van der Waals surface area contributed by atoms with E-state index in [9.17, 15) is 18.5 Å². The molecule has 2 atom stereocenters. The van der Waals surface area contributed by atoms with Crippen molar-refractivity contribution < 1.29 is 18.1 Å². The number of methoxy groups -OCH3 is 1. The summed E-state index contributed by atoms with van der Waals surface area (Å²) in [5.74, 6) is -0.204. The molecule has 2 N–H and O–H groups in total. The Kier molecular flexibility index (Phi) is 4.94. The summed E-state index contributed by atoms with van der Waals surface area (Å²) < 4.78 is 32.2. The van der Waals surface area contributed by atoms with Gasteiger partial charge in [0.15, 0.2) is 5.75 Å². The number of hydrogen-bond acceptors (Lipinski definition) is 6. The van der Waals surface area contributed by atoms with Crippen LogP contribution in [0, 0.1) is 10.1 Å². The van der Waals surface area contributed by atoms with Gasteiger partial charge in [0, 0.05) is 37.2 Å². The van der Waals surface area contributed by atoms with E-state index in [1.807, 2.05) is 30.3 Å². The SMILES string of the molecule is COc1cc(S(=O)(=O)N2C[C@@H](N)[C@H](c3ccccc3)C2)ccc1[N+](=O)[O-]. The monoisotopic (exact) mass is 377 g/mol. The first-order chi connectivity index (χ1) is 12.3. The third kappa shape index (κ3) is 3.28. The Bertz CT molecular complexity index is 917. The first kappa shape index (κ1) is 18.3. The van der Waals surface area contributed by atoms with Crippen LogP contribution in [0.3, 0.4) is 0 Å². The quantitative estimate of drug-likeness (QED) is 0.626. The van der Waals surface area contributed by atoms with Crippen molar-refractivity contribution in [3.05, 3.63) is 64.2 Å². The van der Waals surface area contributed by atoms with Crippen LogP contribution in [0.1, 0.15) is 11.5 Å². The molecule has 26 heavy (non-hydrogen) atoms. The Balaban J connectivity index is 1.91. The minimum absolute atomic E-state index is 0.0548. The Labute approximate surface area is 151 Å². The lowest BCUT2D eigenvalue weighted by Crippen LogP contribution is -2.32. The van der Waals surface area contributed by atoms with Crippen LogP contribution in [0.2, 0.25) is 0 Å². The highest BCUT2D eigenvalue weighted by molar-refractivity contribution is 7.89. The van der Waals surface area contributed by atoms with Crippen LogP contribution in [0.25, 0.3) is 0 Å². The summed E-state index contributed by atoms with van der Waals surface area (Å²) in [6.07, 6.45) is 0. The zero-order valence-electron chi connectivity index (χ0n) is 14.1. The number of nitrogens with zero attached hydrogens (tertiary/aromatic N) is 2. The van der Waals surface area contributed by atoms with E-state index < -0.39 is 14.9 Å². The van der Waals surface area contributed by atoms with Crippen LogP contribution in [-0.4, -0.2) is 43.9 Å². The maximum absolute atomic E-state index is 13.0. The number of nitrogens with two attached hydrogens (primary N) is 1. The van der Waals surface area contributed by atoms with Gasteiger partial charge >= 0.3 is 5.69 Å². The highest BCUT2D eigenvalue weighted by Crippen LogP contribution is 2.34. The normalized spacial score (nSPS) is 20.8. The van der Waals surface area contributed by atoms with E-state index in [1.54, 1.807) is 0 Å². The topological polar surface area (TPSA) is 116 Å². The van der Waals surface area contributed by atoms with Gasteiger partial charge in [0.05, 0.1) is 16.9 Å². The van der Waals surface area contributed by atoms with Crippen molar-refractivity contribution in [3.8, 4) is 5.75 Å². The predicted octanol–water partition coefficient (Wildman–Crippen LogP) is 1.72. The molecule has 1 heterocycles. The minimum atomic E-state index is -3.84. The lowest BCUT2D eigenvalue weighted by atomic mass is 9.95. The highest BCUT2D eigenvalue weighted by atomic mass is 32.2. The third-order valence-electron chi connectivity index (χ3n) is 4.54. The van der Waals surface area contributed by atoms with Gasteiger partial charge in [-0.1, -0.05) is 30.3 Å². The average Bonchev–Trinajstić information content (AvgIpc) is 3.04. The molecule has 0 bridgehead atoms. The summed E-state index contributed by atoms with van der Waals surface area (Å²) in [6.45, 7) is 0.439. The highest BCUT2D eigenvalue weighted by Gasteiger charge is 2.38. The molecule has 1 fully saturated rings. The number of ether oxygens (including phenoxy) is 1. The van der Waals surface area contributed by atoms with Crippen molar-refractivity contribution in [2.45, 2.75) is 16.9 Å². The smallest absolute Gasteiger partial charge is 0.310 e. The predicted molar refractivity (Wildman–Crippen MR) is 95.6 cm³/mol. The van der Waals surface area contributed by atoms with Gasteiger partial charge < -0.3 is 10.5 Å². The summed E-state index contributed by atoms with van der Waals surface area (Å²) in [5.41, 5.74) is 6.88. The van der Waals surface area contributed by atoms with Gasteiger partial charge in [-0.2, -0.15) is 4.31 Å². The third-order valence-corrected chi connectivity index (χ3v) is 6.37. The number of rotatable bonds is 5. The van der Waals surface area contributed by atoms with Gasteiger partial charge in [0.25, 0.3) is 0 Å². The van der Waals surface area contributed by atoms with Crippen molar-refractivity contribution in [1.82, 2.24) is 4.31 Å². The summed E-state index contributed by atoms with van der Waals surface area (Å²) in [5, 5.41) is 11.0. The molecule has 8 nitrogen and oxygen atoms in total. The van der Waals surface area contributed by atoms with Gasteiger partial charge in [0.1, 0.15) is 0 Å². The Morgan fingerprint density at radius 3 is 2.50 bits per heavy atom. The summed E-state index contributed by atoms with van der Waals surface area (Å²) >= 11 is 0. The van der Waals surface area contributed by atoms with Gasteiger partial charge in [-0.15, -0.1) is 0 Å². The molecule has 3 rings (SSSR count).